The molecule has 1 aliphatic heterocycles. The molecule has 0 bridgehead atoms. The van der Waals surface area contributed by atoms with Crippen LogP contribution in [0.15, 0.2) is 58.3 Å². The number of hydrogen-bond donors (Lipinski definition) is 0. The van der Waals surface area contributed by atoms with Crippen LogP contribution in [0.3, 0.4) is 0 Å². The Morgan fingerprint density at radius 2 is 1.67 bits per heavy atom. The molecule has 1 aliphatic rings. The molecular formula is C22H27NS. The van der Waals surface area contributed by atoms with E-state index in [0.717, 1.165) is 13.0 Å². The third-order valence-electron chi connectivity index (χ3n) is 4.46. The van der Waals surface area contributed by atoms with Crippen LogP contribution in [0.1, 0.15) is 43.9 Å². The summed E-state index contributed by atoms with van der Waals surface area (Å²) in [5.74, 6) is 0. The first-order valence-electron chi connectivity index (χ1n) is 8.63. The van der Waals surface area contributed by atoms with Crippen molar-refractivity contribution in [3.63, 3.8) is 0 Å². The molecule has 0 N–H and O–H groups in total. The summed E-state index contributed by atoms with van der Waals surface area (Å²) in [7, 11) is 4.27. The summed E-state index contributed by atoms with van der Waals surface area (Å²) < 4.78 is 0. The predicted octanol–water partition coefficient (Wildman–Crippen LogP) is 5.83. The third kappa shape index (κ3) is 3.60. The fraction of sp³-hybridized carbons (Fsp3) is 0.364. The molecule has 0 radical (unpaired) electrons. The summed E-state index contributed by atoms with van der Waals surface area (Å²) in [6, 6.07) is 15.8. The van der Waals surface area contributed by atoms with Gasteiger partial charge in [0, 0.05) is 16.3 Å². The largest absolute Gasteiger partial charge is 0.309 e. The molecule has 0 spiro atoms. The molecule has 2 aromatic rings. The molecule has 126 valence electrons. The minimum absolute atomic E-state index is 0.172. The summed E-state index contributed by atoms with van der Waals surface area (Å²) >= 11 is 1.89. The van der Waals surface area contributed by atoms with Crippen molar-refractivity contribution in [1.29, 1.82) is 0 Å². The minimum atomic E-state index is 0.172. The van der Waals surface area contributed by atoms with E-state index < -0.39 is 0 Å². The molecular weight excluding hydrogens is 310 g/mol. The maximum absolute atomic E-state index is 2.42. The van der Waals surface area contributed by atoms with Gasteiger partial charge in [0.1, 0.15) is 0 Å². The Labute approximate surface area is 150 Å². The molecule has 2 aromatic carbocycles. The van der Waals surface area contributed by atoms with Crippen LogP contribution < -0.4 is 0 Å². The van der Waals surface area contributed by atoms with Gasteiger partial charge in [-0.25, -0.2) is 0 Å². The van der Waals surface area contributed by atoms with E-state index in [0.29, 0.717) is 0 Å². The first-order valence-corrected chi connectivity index (χ1v) is 9.45. The first-order chi connectivity index (χ1) is 11.4. The van der Waals surface area contributed by atoms with Crippen LogP contribution in [-0.4, -0.2) is 25.5 Å². The topological polar surface area (TPSA) is 3.24 Å². The fourth-order valence-electron chi connectivity index (χ4n) is 3.02. The van der Waals surface area contributed by atoms with E-state index in [1.807, 2.05) is 11.8 Å². The normalized spacial score (nSPS) is 15.5. The van der Waals surface area contributed by atoms with Crippen molar-refractivity contribution >= 4 is 17.3 Å². The Morgan fingerprint density at radius 3 is 2.38 bits per heavy atom. The first kappa shape index (κ1) is 17.3. The van der Waals surface area contributed by atoms with Crippen LogP contribution >= 0.6 is 11.8 Å². The van der Waals surface area contributed by atoms with Gasteiger partial charge in [0.15, 0.2) is 0 Å². The molecule has 0 fully saturated rings. The Kier molecular flexibility index (Phi) is 4.89. The Balaban J connectivity index is 2.09. The standard InChI is InChI=1S/C22H27NS/c1-22(2,3)16-12-13-21-19(15-16)17(10-8-14-23(4)5)18-9-6-7-11-20(18)24-21/h6-7,9-13,15H,8,14H2,1-5H3/b17-10-. The number of hydrogen-bond acceptors (Lipinski definition) is 2. The van der Waals surface area contributed by atoms with Crippen molar-refractivity contribution in [2.75, 3.05) is 20.6 Å². The van der Waals surface area contributed by atoms with Gasteiger partial charge in [-0.1, -0.05) is 62.9 Å². The molecule has 0 aromatic heterocycles. The van der Waals surface area contributed by atoms with E-state index in [1.165, 1.54) is 32.1 Å². The minimum Gasteiger partial charge on any atom is -0.309 e. The van der Waals surface area contributed by atoms with Crippen LogP contribution in [0.25, 0.3) is 5.57 Å². The Bertz CT molecular complexity index is 766. The summed E-state index contributed by atoms with van der Waals surface area (Å²) in [5.41, 5.74) is 5.74. The van der Waals surface area contributed by atoms with Gasteiger partial charge in [0.25, 0.3) is 0 Å². The molecule has 0 aliphatic carbocycles. The van der Waals surface area contributed by atoms with Gasteiger partial charge >= 0.3 is 0 Å². The summed E-state index contributed by atoms with van der Waals surface area (Å²) in [6.07, 6.45) is 3.49. The van der Waals surface area contributed by atoms with Gasteiger partial charge in [-0.05, 0) is 66.4 Å². The molecule has 1 nitrogen and oxygen atoms in total. The molecule has 1 heterocycles. The number of fused-ring (bicyclic) bond motifs is 2. The molecule has 0 saturated carbocycles. The molecule has 3 rings (SSSR count). The van der Waals surface area contributed by atoms with Crippen molar-refractivity contribution in [2.45, 2.75) is 42.4 Å². The SMILES string of the molecule is CN(C)CC/C=C1/c2ccccc2Sc2ccc(C(C)(C)C)cc21. The maximum Gasteiger partial charge on any atom is 0.0201 e. The highest BCUT2D eigenvalue weighted by Gasteiger charge is 2.23. The lowest BCUT2D eigenvalue weighted by atomic mass is 9.84. The second kappa shape index (κ2) is 6.78. The highest BCUT2D eigenvalue weighted by atomic mass is 32.2. The fourth-order valence-corrected chi connectivity index (χ4v) is 4.11. The van der Waals surface area contributed by atoms with Gasteiger partial charge < -0.3 is 4.90 Å². The van der Waals surface area contributed by atoms with E-state index in [1.54, 1.807) is 0 Å². The zero-order valence-corrected chi connectivity index (χ0v) is 16.2. The molecule has 0 amide bonds. The third-order valence-corrected chi connectivity index (χ3v) is 5.61. The van der Waals surface area contributed by atoms with Crippen LogP contribution in [0.2, 0.25) is 0 Å². The van der Waals surface area contributed by atoms with Crippen LogP contribution in [0.4, 0.5) is 0 Å². The molecule has 0 unspecified atom stereocenters. The average Bonchev–Trinajstić information content (AvgIpc) is 2.52. The van der Waals surface area contributed by atoms with Crippen LogP contribution in [0.5, 0.6) is 0 Å². The summed E-state index contributed by atoms with van der Waals surface area (Å²) in [4.78, 5) is 4.98. The zero-order valence-electron chi connectivity index (χ0n) is 15.4. The van der Waals surface area contributed by atoms with Crippen molar-refractivity contribution in [3.05, 3.63) is 65.2 Å². The molecule has 0 saturated heterocycles. The predicted molar refractivity (Wildman–Crippen MR) is 106 cm³/mol. The van der Waals surface area contributed by atoms with Gasteiger partial charge in [0.2, 0.25) is 0 Å². The van der Waals surface area contributed by atoms with E-state index in [4.69, 9.17) is 0 Å². The van der Waals surface area contributed by atoms with Gasteiger partial charge in [0.05, 0.1) is 0 Å². The highest BCUT2D eigenvalue weighted by molar-refractivity contribution is 7.99. The monoisotopic (exact) mass is 337 g/mol. The molecule has 0 atom stereocenters. The van der Waals surface area contributed by atoms with Gasteiger partial charge in [-0.2, -0.15) is 0 Å². The number of rotatable bonds is 3. The van der Waals surface area contributed by atoms with Gasteiger partial charge in [-0.15, -0.1) is 0 Å². The lowest BCUT2D eigenvalue weighted by Crippen LogP contribution is -2.13. The van der Waals surface area contributed by atoms with Crippen LogP contribution in [0, 0.1) is 0 Å². The second-order valence-electron chi connectivity index (χ2n) is 7.77. The van der Waals surface area contributed by atoms with Gasteiger partial charge in [-0.3, -0.25) is 0 Å². The smallest absolute Gasteiger partial charge is 0.0201 e. The van der Waals surface area contributed by atoms with E-state index >= 15 is 0 Å². The quantitative estimate of drug-likeness (QED) is 0.591. The molecule has 2 heteroatoms. The Morgan fingerprint density at radius 1 is 0.958 bits per heavy atom. The zero-order chi connectivity index (χ0) is 17.3. The number of benzene rings is 2. The van der Waals surface area contributed by atoms with E-state index in [-0.39, 0.29) is 5.41 Å². The summed E-state index contributed by atoms with van der Waals surface area (Å²) in [6.45, 7) is 7.93. The lowest BCUT2D eigenvalue weighted by molar-refractivity contribution is 0.417. The maximum atomic E-state index is 2.42. The van der Waals surface area contributed by atoms with Crippen molar-refractivity contribution in [1.82, 2.24) is 4.90 Å². The highest BCUT2D eigenvalue weighted by Crippen LogP contribution is 2.46. The summed E-state index contributed by atoms with van der Waals surface area (Å²) in [5, 5.41) is 0. The van der Waals surface area contributed by atoms with E-state index in [2.05, 4.69) is 88.3 Å². The van der Waals surface area contributed by atoms with E-state index in [9.17, 15) is 0 Å². The van der Waals surface area contributed by atoms with Crippen molar-refractivity contribution < 1.29 is 0 Å². The average molecular weight is 338 g/mol. The molecule has 24 heavy (non-hydrogen) atoms. The second-order valence-corrected chi connectivity index (χ2v) is 8.85. The number of nitrogens with zero attached hydrogens (tertiary/aromatic N) is 1. The van der Waals surface area contributed by atoms with Crippen molar-refractivity contribution in [2.24, 2.45) is 0 Å². The van der Waals surface area contributed by atoms with Crippen LogP contribution in [-0.2, 0) is 5.41 Å². The lowest BCUT2D eigenvalue weighted by Gasteiger charge is -2.26. The van der Waals surface area contributed by atoms with Crippen molar-refractivity contribution in [3.8, 4) is 0 Å². The Hall–Kier alpha value is -1.51.